The highest BCUT2D eigenvalue weighted by Crippen LogP contribution is 1.98. The van der Waals surface area contributed by atoms with Crippen LogP contribution < -0.4 is 10.6 Å². The molecule has 0 aliphatic carbocycles. The highest BCUT2D eigenvalue weighted by molar-refractivity contribution is 4.55. The summed E-state index contributed by atoms with van der Waals surface area (Å²) in [5.41, 5.74) is 0. The second-order valence-electron chi connectivity index (χ2n) is 3.11. The molecule has 0 spiro atoms. The molecule has 0 saturated carbocycles. The van der Waals surface area contributed by atoms with Gasteiger partial charge in [-0.2, -0.15) is 0 Å². The van der Waals surface area contributed by atoms with Gasteiger partial charge in [-0.15, -0.1) is 0 Å². The third-order valence-electron chi connectivity index (χ3n) is 2.01. The minimum Gasteiger partial charge on any atom is -0.242 e. The zero-order valence-electron chi connectivity index (χ0n) is 7.26. The van der Waals surface area contributed by atoms with E-state index in [0.29, 0.717) is 0 Å². The van der Waals surface area contributed by atoms with E-state index in [2.05, 4.69) is 10.6 Å². The van der Waals surface area contributed by atoms with Crippen molar-refractivity contribution in [3.8, 4) is 0 Å². The number of hydrogen-bond donors (Lipinski definition) is 0. The number of hydrogen-bond acceptors (Lipinski definition) is 0. The molecule has 2 fully saturated rings. The van der Waals surface area contributed by atoms with Gasteiger partial charge in [-0.25, -0.2) is 10.6 Å². The first-order valence-corrected chi connectivity index (χ1v) is 4.76. The van der Waals surface area contributed by atoms with E-state index in [1.54, 1.807) is 0 Å². The van der Waals surface area contributed by atoms with Crippen molar-refractivity contribution in [3.63, 3.8) is 0 Å². The maximum absolute atomic E-state index is 4.18. The lowest BCUT2D eigenvalue weighted by Gasteiger charge is -2.06. The van der Waals surface area contributed by atoms with Gasteiger partial charge in [0.1, 0.15) is 0 Å². The maximum atomic E-state index is 4.18. The molecular weight excluding hydrogens is 136 g/mol. The zero-order chi connectivity index (χ0) is 7.78. The number of rotatable bonds is 0. The van der Waals surface area contributed by atoms with Crippen molar-refractivity contribution in [2.75, 3.05) is 26.2 Å². The Morgan fingerprint density at radius 3 is 1.00 bits per heavy atom. The van der Waals surface area contributed by atoms with Crippen LogP contribution in [0.1, 0.15) is 32.1 Å². The molecule has 0 amide bonds. The fourth-order valence-corrected chi connectivity index (χ4v) is 1.29. The molecule has 2 heteroatoms. The molecule has 2 rings (SSSR count). The summed E-state index contributed by atoms with van der Waals surface area (Å²) in [5, 5.41) is 8.26. The van der Waals surface area contributed by atoms with Gasteiger partial charge in [0.2, 0.25) is 0 Å². The summed E-state index contributed by atoms with van der Waals surface area (Å²) in [4.78, 5) is 0. The highest BCUT2D eigenvalue weighted by Gasteiger charge is 1.95. The molecule has 0 unspecified atom stereocenters. The van der Waals surface area contributed by atoms with Crippen LogP contribution in [0.4, 0.5) is 0 Å². The van der Waals surface area contributed by atoms with Crippen molar-refractivity contribution >= 4 is 0 Å². The lowest BCUT2D eigenvalue weighted by atomic mass is 10.2. The first kappa shape index (κ1) is 9.01. The molecule has 2 radical (unpaired) electrons. The monoisotopic (exact) mass is 154 g/mol. The first-order chi connectivity index (χ1) is 5.50. The summed E-state index contributed by atoms with van der Waals surface area (Å²) < 4.78 is 0. The summed E-state index contributed by atoms with van der Waals surface area (Å²) in [6.07, 6.45) is 6.74. The fraction of sp³-hybridized carbons (Fsp3) is 1.00. The molecule has 2 saturated heterocycles. The van der Waals surface area contributed by atoms with E-state index in [0.717, 1.165) is 26.2 Å². The van der Waals surface area contributed by atoms with Crippen LogP contribution in [-0.2, 0) is 0 Å². The Bertz CT molecular complexity index is 56.5. The van der Waals surface area contributed by atoms with Gasteiger partial charge < -0.3 is 0 Å². The summed E-state index contributed by atoms with van der Waals surface area (Å²) in [6.45, 7) is 4.50. The first-order valence-electron chi connectivity index (χ1n) is 4.76. The smallest absolute Gasteiger partial charge is 0.0133 e. The average molecular weight is 154 g/mol. The van der Waals surface area contributed by atoms with Crippen LogP contribution >= 0.6 is 0 Å². The van der Waals surface area contributed by atoms with Crippen LogP contribution in [0.5, 0.6) is 0 Å². The van der Waals surface area contributed by atoms with Crippen molar-refractivity contribution in [3.05, 3.63) is 0 Å². The van der Waals surface area contributed by atoms with E-state index in [1.165, 1.54) is 32.1 Å². The van der Waals surface area contributed by atoms with Crippen LogP contribution in [0.3, 0.4) is 0 Å². The summed E-state index contributed by atoms with van der Waals surface area (Å²) in [7, 11) is 0. The van der Waals surface area contributed by atoms with E-state index in [4.69, 9.17) is 0 Å². The van der Waals surface area contributed by atoms with E-state index in [9.17, 15) is 0 Å². The Balaban J connectivity index is 0.000000112. The largest absolute Gasteiger partial charge is 0.242 e. The van der Waals surface area contributed by atoms with Crippen LogP contribution in [-0.4, -0.2) is 26.2 Å². The van der Waals surface area contributed by atoms with E-state index >= 15 is 0 Å². The Morgan fingerprint density at radius 2 is 0.818 bits per heavy atom. The van der Waals surface area contributed by atoms with Crippen LogP contribution in [0, 0.1) is 0 Å². The molecule has 2 heterocycles. The lowest BCUT2D eigenvalue weighted by Crippen LogP contribution is -2.13. The van der Waals surface area contributed by atoms with Gasteiger partial charge in [0, 0.05) is 26.2 Å². The normalized spacial score (nSPS) is 24.0. The van der Waals surface area contributed by atoms with E-state index in [-0.39, 0.29) is 0 Å². The molecule has 0 aromatic rings. The fourth-order valence-electron chi connectivity index (χ4n) is 1.29. The third-order valence-corrected chi connectivity index (χ3v) is 2.01. The van der Waals surface area contributed by atoms with Gasteiger partial charge in [-0.05, 0) is 25.7 Å². The summed E-state index contributed by atoms with van der Waals surface area (Å²) >= 11 is 0. The van der Waals surface area contributed by atoms with Crippen molar-refractivity contribution in [1.82, 2.24) is 10.6 Å². The van der Waals surface area contributed by atoms with Crippen LogP contribution in [0.2, 0.25) is 0 Å². The molecule has 11 heavy (non-hydrogen) atoms. The van der Waals surface area contributed by atoms with Gasteiger partial charge >= 0.3 is 0 Å². The topological polar surface area (TPSA) is 28.2 Å². The highest BCUT2D eigenvalue weighted by atomic mass is 14.9. The number of nitrogens with zero attached hydrogens (tertiary/aromatic N) is 2. The standard InChI is InChI=1S/C5H10N.C4H8N/c1-2-4-6-5-3-1;1-2-4-5-3-1/h1-5H2;1-4H2. The van der Waals surface area contributed by atoms with Crippen molar-refractivity contribution in [2.45, 2.75) is 32.1 Å². The molecule has 0 aromatic carbocycles. The Morgan fingerprint density at radius 1 is 0.455 bits per heavy atom. The lowest BCUT2D eigenvalue weighted by molar-refractivity contribution is 0.511. The second kappa shape index (κ2) is 6.62. The molecule has 0 bridgehead atoms. The molecule has 0 atom stereocenters. The van der Waals surface area contributed by atoms with Crippen molar-refractivity contribution in [2.24, 2.45) is 0 Å². The van der Waals surface area contributed by atoms with Gasteiger partial charge in [-0.3, -0.25) is 0 Å². The van der Waals surface area contributed by atoms with Gasteiger partial charge in [0.25, 0.3) is 0 Å². The molecular formula is C9H18N2. The predicted octanol–water partition coefficient (Wildman–Crippen LogP) is 1.16. The molecule has 0 N–H and O–H groups in total. The Hall–Kier alpha value is -0.0800. The van der Waals surface area contributed by atoms with Gasteiger partial charge in [-0.1, -0.05) is 6.42 Å². The minimum atomic E-state index is 1.12. The average Bonchev–Trinajstić information content (AvgIpc) is 2.64. The van der Waals surface area contributed by atoms with Crippen LogP contribution in [0.15, 0.2) is 0 Å². The van der Waals surface area contributed by atoms with E-state index < -0.39 is 0 Å². The van der Waals surface area contributed by atoms with Crippen molar-refractivity contribution in [1.29, 1.82) is 0 Å². The summed E-state index contributed by atoms with van der Waals surface area (Å²) in [5.74, 6) is 0. The van der Waals surface area contributed by atoms with E-state index in [1.807, 2.05) is 0 Å². The van der Waals surface area contributed by atoms with Crippen molar-refractivity contribution < 1.29 is 0 Å². The molecule has 64 valence electrons. The molecule has 0 aromatic heterocycles. The van der Waals surface area contributed by atoms with Gasteiger partial charge in [0.15, 0.2) is 0 Å². The maximum Gasteiger partial charge on any atom is 0.0133 e. The van der Waals surface area contributed by atoms with Crippen LogP contribution in [0.25, 0.3) is 0 Å². The number of piperidine rings is 1. The zero-order valence-corrected chi connectivity index (χ0v) is 7.26. The molecule has 2 aliphatic heterocycles. The van der Waals surface area contributed by atoms with Gasteiger partial charge in [0.05, 0.1) is 0 Å². The molecule has 2 aliphatic rings. The third kappa shape index (κ3) is 5.22. The second-order valence-corrected chi connectivity index (χ2v) is 3.11. The summed E-state index contributed by atoms with van der Waals surface area (Å²) in [6, 6.07) is 0. The quantitative estimate of drug-likeness (QED) is 0.501. The Kier molecular flexibility index (Phi) is 5.42. The predicted molar refractivity (Wildman–Crippen MR) is 46.8 cm³/mol. The molecule has 2 nitrogen and oxygen atoms in total. The minimum absolute atomic E-state index is 1.12. The Labute approximate surface area is 69.8 Å². The SMILES string of the molecule is C1CC[N]C1.C1CC[N]CC1.